The lowest BCUT2D eigenvalue weighted by Gasteiger charge is -2.44. The molecule has 2 rings (SSSR count). The maximum absolute atomic E-state index is 11.3. The molecule has 0 radical (unpaired) electrons. The topological polar surface area (TPSA) is 29.1 Å². The zero-order valence-electron chi connectivity index (χ0n) is 8.17. The first kappa shape index (κ1) is 9.53. The SMILES string of the molecule is CC1(C)C(=O)NC1c1ccc(Cl)cc1. The highest BCUT2D eigenvalue weighted by Crippen LogP contribution is 2.41. The van der Waals surface area contributed by atoms with Gasteiger partial charge in [0.05, 0.1) is 11.5 Å². The van der Waals surface area contributed by atoms with Crippen molar-refractivity contribution < 1.29 is 4.79 Å². The number of carbonyl (C=O) groups is 1. The number of nitrogens with one attached hydrogen (secondary N) is 1. The first-order valence-corrected chi connectivity index (χ1v) is 4.96. The van der Waals surface area contributed by atoms with Crippen LogP contribution < -0.4 is 5.32 Å². The smallest absolute Gasteiger partial charge is 0.228 e. The molecule has 0 aromatic heterocycles. The minimum Gasteiger partial charge on any atom is -0.348 e. The van der Waals surface area contributed by atoms with Crippen molar-refractivity contribution in [1.82, 2.24) is 5.32 Å². The monoisotopic (exact) mass is 209 g/mol. The van der Waals surface area contributed by atoms with Crippen LogP contribution in [0.3, 0.4) is 0 Å². The molecule has 14 heavy (non-hydrogen) atoms. The second-order valence-corrected chi connectivity index (χ2v) is 4.62. The van der Waals surface area contributed by atoms with E-state index >= 15 is 0 Å². The van der Waals surface area contributed by atoms with Crippen LogP contribution in [0.15, 0.2) is 24.3 Å². The predicted octanol–water partition coefficient (Wildman–Crippen LogP) is 2.54. The van der Waals surface area contributed by atoms with E-state index in [1.165, 1.54) is 0 Å². The normalized spacial score (nSPS) is 23.9. The molecule has 1 amide bonds. The minimum absolute atomic E-state index is 0.109. The summed E-state index contributed by atoms with van der Waals surface area (Å²) in [5.41, 5.74) is 0.812. The van der Waals surface area contributed by atoms with Crippen LogP contribution in [0.5, 0.6) is 0 Å². The molecule has 3 heteroatoms. The van der Waals surface area contributed by atoms with Gasteiger partial charge < -0.3 is 5.32 Å². The van der Waals surface area contributed by atoms with Gasteiger partial charge >= 0.3 is 0 Å². The van der Waals surface area contributed by atoms with Gasteiger partial charge in [0.15, 0.2) is 0 Å². The number of halogens is 1. The fourth-order valence-corrected chi connectivity index (χ4v) is 1.83. The molecule has 1 saturated heterocycles. The number of carbonyl (C=O) groups excluding carboxylic acids is 1. The summed E-state index contributed by atoms with van der Waals surface area (Å²) in [5.74, 6) is 0.109. The van der Waals surface area contributed by atoms with Gasteiger partial charge in [-0.2, -0.15) is 0 Å². The number of β-lactam (4-membered cyclic amide) rings is 1. The lowest BCUT2D eigenvalue weighted by Crippen LogP contribution is -2.57. The van der Waals surface area contributed by atoms with Gasteiger partial charge in [0, 0.05) is 5.02 Å². The van der Waals surface area contributed by atoms with Crippen molar-refractivity contribution in [1.29, 1.82) is 0 Å². The fraction of sp³-hybridized carbons (Fsp3) is 0.364. The Morgan fingerprint density at radius 2 is 1.86 bits per heavy atom. The van der Waals surface area contributed by atoms with Crippen molar-refractivity contribution in [3.8, 4) is 0 Å². The number of benzene rings is 1. The Kier molecular flexibility index (Phi) is 2.04. The van der Waals surface area contributed by atoms with Crippen LogP contribution in [0, 0.1) is 5.41 Å². The van der Waals surface area contributed by atoms with Crippen LogP contribution in [-0.4, -0.2) is 5.91 Å². The molecular weight excluding hydrogens is 198 g/mol. The standard InChI is InChI=1S/C11H12ClNO/c1-11(2)9(13-10(11)14)7-3-5-8(12)6-4-7/h3-6,9H,1-2H3,(H,13,14). The highest BCUT2D eigenvalue weighted by molar-refractivity contribution is 6.30. The molecule has 1 aromatic rings. The third-order valence-electron chi connectivity index (χ3n) is 2.79. The van der Waals surface area contributed by atoms with Gasteiger partial charge in [-0.15, -0.1) is 0 Å². The van der Waals surface area contributed by atoms with E-state index in [1.54, 1.807) is 0 Å². The van der Waals surface area contributed by atoms with E-state index in [0.717, 1.165) is 10.6 Å². The van der Waals surface area contributed by atoms with Crippen LogP contribution in [0.1, 0.15) is 25.5 Å². The third-order valence-corrected chi connectivity index (χ3v) is 3.04. The molecule has 1 heterocycles. The molecule has 0 aliphatic carbocycles. The Morgan fingerprint density at radius 3 is 2.29 bits per heavy atom. The summed E-state index contributed by atoms with van der Waals surface area (Å²) < 4.78 is 0. The first-order valence-electron chi connectivity index (χ1n) is 4.58. The Morgan fingerprint density at radius 1 is 1.29 bits per heavy atom. The molecule has 0 bridgehead atoms. The maximum Gasteiger partial charge on any atom is 0.228 e. The largest absolute Gasteiger partial charge is 0.348 e. The average molecular weight is 210 g/mol. The van der Waals surface area contributed by atoms with Crippen molar-refractivity contribution >= 4 is 17.5 Å². The Hall–Kier alpha value is -1.02. The van der Waals surface area contributed by atoms with Crippen molar-refractivity contribution in [3.63, 3.8) is 0 Å². The van der Waals surface area contributed by atoms with Crippen LogP contribution in [0.25, 0.3) is 0 Å². The Balaban J connectivity index is 2.26. The third kappa shape index (κ3) is 1.30. The van der Waals surface area contributed by atoms with Crippen molar-refractivity contribution in [2.45, 2.75) is 19.9 Å². The van der Waals surface area contributed by atoms with Crippen molar-refractivity contribution in [3.05, 3.63) is 34.9 Å². The first-order chi connectivity index (χ1) is 6.51. The number of hydrogen-bond acceptors (Lipinski definition) is 1. The summed E-state index contributed by atoms with van der Waals surface area (Å²) in [7, 11) is 0. The molecule has 1 fully saturated rings. The van der Waals surface area contributed by atoms with Gasteiger partial charge in [0.1, 0.15) is 0 Å². The van der Waals surface area contributed by atoms with E-state index in [2.05, 4.69) is 5.32 Å². The van der Waals surface area contributed by atoms with Gasteiger partial charge in [0.2, 0.25) is 5.91 Å². The molecular formula is C11H12ClNO. The number of amides is 1. The predicted molar refractivity (Wildman–Crippen MR) is 56.1 cm³/mol. The summed E-state index contributed by atoms with van der Waals surface area (Å²) in [6.45, 7) is 3.90. The van der Waals surface area contributed by atoms with Crippen LogP contribution in [0.4, 0.5) is 0 Å². The van der Waals surface area contributed by atoms with E-state index in [1.807, 2.05) is 38.1 Å². The second kappa shape index (κ2) is 2.99. The summed E-state index contributed by atoms with van der Waals surface area (Å²) in [4.78, 5) is 11.3. The molecule has 1 aliphatic heterocycles. The zero-order valence-corrected chi connectivity index (χ0v) is 8.93. The highest BCUT2D eigenvalue weighted by Gasteiger charge is 2.47. The van der Waals surface area contributed by atoms with Gasteiger partial charge in [-0.3, -0.25) is 4.79 Å². The van der Waals surface area contributed by atoms with E-state index in [9.17, 15) is 4.79 Å². The van der Waals surface area contributed by atoms with E-state index in [-0.39, 0.29) is 17.4 Å². The van der Waals surface area contributed by atoms with Crippen LogP contribution in [-0.2, 0) is 4.79 Å². The summed E-state index contributed by atoms with van der Waals surface area (Å²) >= 11 is 5.79. The minimum atomic E-state index is -0.298. The summed E-state index contributed by atoms with van der Waals surface area (Å²) in [6.07, 6.45) is 0. The molecule has 1 N–H and O–H groups in total. The van der Waals surface area contributed by atoms with Gasteiger partial charge in [0.25, 0.3) is 0 Å². The summed E-state index contributed by atoms with van der Waals surface area (Å²) in [6, 6.07) is 7.71. The van der Waals surface area contributed by atoms with Crippen molar-refractivity contribution in [2.24, 2.45) is 5.41 Å². The molecule has 0 saturated carbocycles. The molecule has 1 atom stereocenters. The van der Waals surface area contributed by atoms with E-state index in [4.69, 9.17) is 11.6 Å². The molecule has 1 unspecified atom stereocenters. The maximum atomic E-state index is 11.3. The summed E-state index contributed by atoms with van der Waals surface area (Å²) in [5, 5.41) is 3.61. The molecule has 0 spiro atoms. The van der Waals surface area contributed by atoms with Gasteiger partial charge in [-0.25, -0.2) is 0 Å². The molecule has 1 aliphatic rings. The van der Waals surface area contributed by atoms with Crippen molar-refractivity contribution in [2.75, 3.05) is 0 Å². The van der Waals surface area contributed by atoms with Crippen LogP contribution >= 0.6 is 11.6 Å². The lowest BCUT2D eigenvalue weighted by atomic mass is 9.73. The number of rotatable bonds is 1. The van der Waals surface area contributed by atoms with Gasteiger partial charge in [-0.1, -0.05) is 23.7 Å². The molecule has 1 aromatic carbocycles. The lowest BCUT2D eigenvalue weighted by molar-refractivity contribution is -0.143. The fourth-order valence-electron chi connectivity index (χ4n) is 1.71. The number of hydrogen-bond donors (Lipinski definition) is 1. The van der Waals surface area contributed by atoms with E-state index < -0.39 is 0 Å². The highest BCUT2D eigenvalue weighted by atomic mass is 35.5. The Labute approximate surface area is 88.3 Å². The Bertz CT molecular complexity index is 369. The van der Waals surface area contributed by atoms with Gasteiger partial charge in [-0.05, 0) is 31.5 Å². The quantitative estimate of drug-likeness (QED) is 0.708. The second-order valence-electron chi connectivity index (χ2n) is 4.18. The average Bonchev–Trinajstić information content (AvgIpc) is 2.16. The zero-order chi connectivity index (χ0) is 10.3. The molecule has 2 nitrogen and oxygen atoms in total. The van der Waals surface area contributed by atoms with E-state index in [0.29, 0.717) is 0 Å². The molecule has 74 valence electrons. The van der Waals surface area contributed by atoms with Crippen LogP contribution in [0.2, 0.25) is 5.02 Å².